The van der Waals surface area contributed by atoms with Crippen molar-refractivity contribution in [1.82, 2.24) is 4.57 Å². The number of hydrogen-bond acceptors (Lipinski definition) is 9. The van der Waals surface area contributed by atoms with Crippen LogP contribution in [-0.4, -0.2) is 28.7 Å². The molecule has 0 aliphatic carbocycles. The number of aryl methyl sites for hydroxylation is 1. The van der Waals surface area contributed by atoms with Gasteiger partial charge in [-0.05, 0) is 58.0 Å². The molecule has 0 saturated heterocycles. The number of carbonyl (C=O) groups is 1. The van der Waals surface area contributed by atoms with Crippen LogP contribution in [0.1, 0.15) is 43.7 Å². The van der Waals surface area contributed by atoms with Crippen LogP contribution in [0.25, 0.3) is 17.4 Å². The van der Waals surface area contributed by atoms with Crippen molar-refractivity contribution in [3.8, 4) is 17.1 Å². The van der Waals surface area contributed by atoms with Gasteiger partial charge in [-0.2, -0.15) is 0 Å². The van der Waals surface area contributed by atoms with Crippen LogP contribution >= 0.6 is 27.3 Å². The Morgan fingerprint density at radius 3 is 2.64 bits per heavy atom. The minimum absolute atomic E-state index is 0.0103. The highest BCUT2D eigenvalue weighted by Crippen LogP contribution is 2.37. The number of esters is 1. The third-order valence-electron chi connectivity index (χ3n) is 6.66. The molecule has 1 atom stereocenters. The number of methoxy groups -OCH3 is 1. The van der Waals surface area contributed by atoms with Crippen molar-refractivity contribution >= 4 is 45.0 Å². The summed E-state index contributed by atoms with van der Waals surface area (Å²) in [6.45, 7) is 6.89. The van der Waals surface area contributed by atoms with Gasteiger partial charge in [0.2, 0.25) is 0 Å². The Bertz CT molecular complexity index is 1950. The second kappa shape index (κ2) is 11.5. The molecule has 4 aromatic rings. The van der Waals surface area contributed by atoms with E-state index in [9.17, 15) is 19.7 Å². The number of benzene rings is 2. The molecule has 3 heterocycles. The number of carbonyl (C=O) groups excluding carboxylic acids is 1. The minimum atomic E-state index is -0.859. The lowest BCUT2D eigenvalue weighted by atomic mass is 9.95. The van der Waals surface area contributed by atoms with E-state index in [1.807, 2.05) is 12.1 Å². The zero-order valence-corrected chi connectivity index (χ0v) is 25.7. The number of nitro groups is 1. The maximum absolute atomic E-state index is 14.0. The number of thiazole rings is 1. The summed E-state index contributed by atoms with van der Waals surface area (Å²) >= 11 is 4.66. The molecule has 10 nitrogen and oxygen atoms in total. The second-order valence-electron chi connectivity index (χ2n) is 9.88. The number of halogens is 1. The predicted octanol–water partition coefficient (Wildman–Crippen LogP) is 5.43. The first-order chi connectivity index (χ1) is 20.0. The lowest BCUT2D eigenvalue weighted by Crippen LogP contribution is -2.40. The largest absolute Gasteiger partial charge is 0.496 e. The van der Waals surface area contributed by atoms with Gasteiger partial charge in [-0.15, -0.1) is 0 Å². The number of hydrogen-bond donors (Lipinski definition) is 0. The highest BCUT2D eigenvalue weighted by Gasteiger charge is 2.35. The second-order valence-corrected chi connectivity index (χ2v) is 11.8. The van der Waals surface area contributed by atoms with Gasteiger partial charge >= 0.3 is 5.97 Å². The number of fused-ring (bicyclic) bond motifs is 1. The van der Waals surface area contributed by atoms with Gasteiger partial charge in [0.15, 0.2) is 4.80 Å². The first-order valence-electron chi connectivity index (χ1n) is 12.9. The smallest absolute Gasteiger partial charge is 0.338 e. The molecule has 0 fully saturated rings. The Morgan fingerprint density at radius 2 is 1.95 bits per heavy atom. The first kappa shape index (κ1) is 29.2. The fraction of sp³-hybridized carbons (Fsp3) is 0.233. The maximum Gasteiger partial charge on any atom is 0.338 e. The average Bonchev–Trinajstić information content (AvgIpc) is 3.51. The Balaban J connectivity index is 1.65. The van der Waals surface area contributed by atoms with Crippen molar-refractivity contribution in [3.63, 3.8) is 0 Å². The fourth-order valence-electron chi connectivity index (χ4n) is 4.75. The van der Waals surface area contributed by atoms with Crippen LogP contribution in [0.5, 0.6) is 5.75 Å². The third-order valence-corrected chi connectivity index (χ3v) is 8.14. The van der Waals surface area contributed by atoms with E-state index in [-0.39, 0.29) is 22.9 Å². The summed E-state index contributed by atoms with van der Waals surface area (Å²) in [5, 5.41) is 11.4. The number of allylic oxidation sites excluding steroid dienone is 1. The fourth-order valence-corrected chi connectivity index (χ4v) is 6.15. The van der Waals surface area contributed by atoms with Crippen molar-refractivity contribution in [3.05, 3.63) is 111 Å². The summed E-state index contributed by atoms with van der Waals surface area (Å²) < 4.78 is 19.7. The number of aromatic nitrogens is 1. The van der Waals surface area contributed by atoms with Gasteiger partial charge < -0.3 is 13.9 Å². The third kappa shape index (κ3) is 5.47. The van der Waals surface area contributed by atoms with Gasteiger partial charge in [-0.1, -0.05) is 39.4 Å². The lowest BCUT2D eigenvalue weighted by molar-refractivity contribution is -0.385. The molecule has 2 aromatic carbocycles. The van der Waals surface area contributed by atoms with Crippen molar-refractivity contribution in [1.29, 1.82) is 0 Å². The zero-order chi connectivity index (χ0) is 30.3. The number of ether oxygens (including phenoxy) is 2. The molecule has 12 heteroatoms. The molecular weight excluding hydrogens is 626 g/mol. The van der Waals surface area contributed by atoms with E-state index in [0.717, 1.165) is 15.8 Å². The van der Waals surface area contributed by atoms with Crippen molar-refractivity contribution in [2.45, 2.75) is 39.8 Å². The molecule has 1 aliphatic heterocycles. The molecule has 216 valence electrons. The lowest BCUT2D eigenvalue weighted by Gasteiger charge is -2.26. The van der Waals surface area contributed by atoms with Gasteiger partial charge in [0.1, 0.15) is 23.3 Å². The summed E-state index contributed by atoms with van der Waals surface area (Å²) in [6, 6.07) is 12.8. The molecule has 0 unspecified atom stereocenters. The van der Waals surface area contributed by atoms with E-state index in [1.165, 1.54) is 17.7 Å². The average molecular weight is 653 g/mol. The molecule has 0 radical (unpaired) electrons. The Hall–Kier alpha value is -4.29. The summed E-state index contributed by atoms with van der Waals surface area (Å²) in [5.41, 5.74) is 1.95. The quantitative estimate of drug-likeness (QED) is 0.148. The summed E-state index contributed by atoms with van der Waals surface area (Å²) in [4.78, 5) is 43.3. The van der Waals surface area contributed by atoms with E-state index in [1.54, 1.807) is 64.1 Å². The van der Waals surface area contributed by atoms with Gasteiger partial charge in [0, 0.05) is 33.3 Å². The Morgan fingerprint density at radius 1 is 1.19 bits per heavy atom. The zero-order valence-electron chi connectivity index (χ0n) is 23.3. The highest BCUT2D eigenvalue weighted by atomic mass is 79.9. The summed E-state index contributed by atoms with van der Waals surface area (Å²) in [6.07, 6.45) is 1.21. The van der Waals surface area contributed by atoms with Crippen LogP contribution in [-0.2, 0) is 9.53 Å². The summed E-state index contributed by atoms with van der Waals surface area (Å²) in [7, 11) is 1.52. The van der Waals surface area contributed by atoms with Gasteiger partial charge in [-0.3, -0.25) is 19.5 Å². The predicted molar refractivity (Wildman–Crippen MR) is 161 cm³/mol. The van der Waals surface area contributed by atoms with Crippen molar-refractivity contribution in [2.24, 2.45) is 4.99 Å². The molecule has 5 rings (SSSR count). The SMILES string of the molecule is COc1ccc(Br)cc1[C@@H]1C(C(=O)OC(C)C)=C(C)N=c2s/c(=C\c3ccc(-c4ccc(C)c([N+](=O)[O-])c4)o3)c(=O)n21. The molecule has 2 aromatic heterocycles. The number of nitro benzene ring substituents is 1. The summed E-state index contributed by atoms with van der Waals surface area (Å²) in [5.74, 6) is 0.717. The molecule has 42 heavy (non-hydrogen) atoms. The van der Waals surface area contributed by atoms with E-state index >= 15 is 0 Å². The van der Waals surface area contributed by atoms with E-state index in [4.69, 9.17) is 13.9 Å². The van der Waals surface area contributed by atoms with Gasteiger partial charge in [-0.25, -0.2) is 9.79 Å². The van der Waals surface area contributed by atoms with Crippen molar-refractivity contribution < 1.29 is 23.6 Å². The van der Waals surface area contributed by atoms with E-state index in [2.05, 4.69) is 20.9 Å². The molecule has 0 saturated carbocycles. The normalized spacial score (nSPS) is 15.0. The standard InChI is InChI=1S/C30H26BrN3O7S/c1-15(2)40-29(36)26-17(4)32-30-33(27(26)21-13-19(31)8-10-24(21)39-5)28(35)25(42-30)14-20-9-11-23(41-20)18-7-6-16(3)22(12-18)34(37)38/h6-15,27H,1-5H3/b25-14-/t27-/m1/s1. The van der Waals surface area contributed by atoms with E-state index in [0.29, 0.717) is 49.0 Å². The number of furan rings is 1. The van der Waals surface area contributed by atoms with Crippen LogP contribution in [0, 0.1) is 17.0 Å². The van der Waals surface area contributed by atoms with Crippen LogP contribution < -0.4 is 19.6 Å². The topological polar surface area (TPSA) is 126 Å². The molecule has 0 spiro atoms. The molecule has 0 N–H and O–H groups in total. The highest BCUT2D eigenvalue weighted by molar-refractivity contribution is 9.10. The van der Waals surface area contributed by atoms with Crippen LogP contribution in [0.2, 0.25) is 0 Å². The number of rotatable bonds is 7. The maximum atomic E-state index is 14.0. The minimum Gasteiger partial charge on any atom is -0.496 e. The van der Waals surface area contributed by atoms with Gasteiger partial charge in [0.05, 0.1) is 33.9 Å². The van der Waals surface area contributed by atoms with Crippen LogP contribution in [0.4, 0.5) is 5.69 Å². The molecule has 1 aliphatic rings. The molecule has 0 bridgehead atoms. The first-order valence-corrected chi connectivity index (χ1v) is 14.5. The Labute approximate surface area is 252 Å². The van der Waals surface area contributed by atoms with Gasteiger partial charge in [0.25, 0.3) is 11.2 Å². The Kier molecular flexibility index (Phi) is 8.02. The van der Waals surface area contributed by atoms with Crippen LogP contribution in [0.3, 0.4) is 0 Å². The van der Waals surface area contributed by atoms with Crippen molar-refractivity contribution in [2.75, 3.05) is 7.11 Å². The molecule has 0 amide bonds. The monoisotopic (exact) mass is 651 g/mol. The number of nitrogens with zero attached hydrogens (tertiary/aromatic N) is 3. The van der Waals surface area contributed by atoms with E-state index < -0.39 is 16.9 Å². The van der Waals surface area contributed by atoms with Crippen LogP contribution in [0.15, 0.2) is 78.5 Å². The molecular formula is C30H26BrN3O7S.